The van der Waals surface area contributed by atoms with Crippen molar-refractivity contribution in [3.63, 3.8) is 0 Å². The van der Waals surface area contributed by atoms with Crippen LogP contribution < -0.4 is 10.1 Å². The Morgan fingerprint density at radius 3 is 2.47 bits per heavy atom. The molecule has 1 rings (SSSR count). The van der Waals surface area contributed by atoms with Crippen LogP contribution in [0.3, 0.4) is 0 Å². The molecule has 96 valence electrons. The van der Waals surface area contributed by atoms with Crippen LogP contribution in [0, 0.1) is 0 Å². The van der Waals surface area contributed by atoms with Crippen molar-refractivity contribution in [2.24, 2.45) is 0 Å². The Bertz CT molecular complexity index is 364. The third-order valence-corrected chi connectivity index (χ3v) is 2.66. The van der Waals surface area contributed by atoms with E-state index in [-0.39, 0.29) is 19.0 Å². The van der Waals surface area contributed by atoms with E-state index in [0.29, 0.717) is 12.3 Å². The molecule has 0 aliphatic carbocycles. The fourth-order valence-corrected chi connectivity index (χ4v) is 1.31. The van der Waals surface area contributed by atoms with Gasteiger partial charge < -0.3 is 25.4 Å². The molecule has 1 aromatic rings. The lowest BCUT2D eigenvalue weighted by Crippen LogP contribution is -2.48. The molecule has 0 bridgehead atoms. The average Bonchev–Trinajstić information content (AvgIpc) is 2.37. The van der Waals surface area contributed by atoms with E-state index in [1.54, 1.807) is 25.1 Å². The van der Waals surface area contributed by atoms with Crippen molar-refractivity contribution in [3.8, 4) is 11.5 Å². The third-order valence-electron chi connectivity index (χ3n) is 2.66. The third kappa shape index (κ3) is 3.59. The highest BCUT2D eigenvalue weighted by molar-refractivity contribution is 5.41. The van der Waals surface area contributed by atoms with Gasteiger partial charge in [0.05, 0.1) is 25.9 Å². The summed E-state index contributed by atoms with van der Waals surface area (Å²) < 4.78 is 4.99. The topological polar surface area (TPSA) is 82.0 Å². The van der Waals surface area contributed by atoms with Gasteiger partial charge in [-0.3, -0.25) is 0 Å². The first-order valence-corrected chi connectivity index (χ1v) is 5.37. The number of aliphatic hydroxyl groups is 2. The molecule has 0 aliphatic rings. The van der Waals surface area contributed by atoms with Crippen molar-refractivity contribution in [1.29, 1.82) is 0 Å². The van der Waals surface area contributed by atoms with Gasteiger partial charge >= 0.3 is 0 Å². The molecule has 17 heavy (non-hydrogen) atoms. The SMILES string of the molecule is COc1cc(CNC(C)(CO)CO)ccc1O. The summed E-state index contributed by atoms with van der Waals surface area (Å²) in [5, 5.41) is 30.7. The van der Waals surface area contributed by atoms with Gasteiger partial charge in [0.25, 0.3) is 0 Å². The lowest BCUT2D eigenvalue weighted by atomic mass is 10.0. The molecule has 4 N–H and O–H groups in total. The second-order valence-electron chi connectivity index (χ2n) is 4.24. The average molecular weight is 241 g/mol. The Kier molecular flexibility index (Phi) is 4.74. The number of rotatable bonds is 6. The first-order valence-electron chi connectivity index (χ1n) is 5.37. The minimum atomic E-state index is -0.717. The maximum Gasteiger partial charge on any atom is 0.160 e. The summed E-state index contributed by atoms with van der Waals surface area (Å²) in [5.41, 5.74) is 0.179. The van der Waals surface area contributed by atoms with E-state index in [4.69, 9.17) is 14.9 Å². The predicted molar refractivity (Wildman–Crippen MR) is 64.1 cm³/mol. The Hall–Kier alpha value is -1.30. The normalized spacial score (nSPS) is 11.5. The highest BCUT2D eigenvalue weighted by Gasteiger charge is 2.21. The van der Waals surface area contributed by atoms with Gasteiger partial charge in [-0.2, -0.15) is 0 Å². The highest BCUT2D eigenvalue weighted by Crippen LogP contribution is 2.26. The zero-order valence-corrected chi connectivity index (χ0v) is 10.1. The van der Waals surface area contributed by atoms with E-state index in [2.05, 4.69) is 5.32 Å². The molecule has 0 fully saturated rings. The molecule has 5 nitrogen and oxygen atoms in total. The van der Waals surface area contributed by atoms with Crippen LogP contribution in [-0.2, 0) is 6.54 Å². The molecule has 0 spiro atoms. The minimum absolute atomic E-state index is 0.0864. The standard InChI is InChI=1S/C12H19NO4/c1-12(7-14,8-15)13-6-9-3-4-10(16)11(5-9)17-2/h3-5,13-16H,6-8H2,1-2H3. The van der Waals surface area contributed by atoms with E-state index in [9.17, 15) is 5.11 Å². The summed E-state index contributed by atoms with van der Waals surface area (Å²) >= 11 is 0. The molecule has 0 radical (unpaired) electrons. The molecule has 0 atom stereocenters. The minimum Gasteiger partial charge on any atom is -0.504 e. The van der Waals surface area contributed by atoms with Crippen molar-refractivity contribution in [1.82, 2.24) is 5.32 Å². The number of ether oxygens (including phenoxy) is 1. The highest BCUT2D eigenvalue weighted by atomic mass is 16.5. The summed E-state index contributed by atoms with van der Waals surface area (Å²) in [6, 6.07) is 5.00. The van der Waals surface area contributed by atoms with E-state index >= 15 is 0 Å². The van der Waals surface area contributed by atoms with E-state index in [1.165, 1.54) is 7.11 Å². The molecule has 0 aliphatic heterocycles. The van der Waals surface area contributed by atoms with Crippen LogP contribution in [0.5, 0.6) is 11.5 Å². The Labute approximate surface area is 101 Å². The second-order valence-corrected chi connectivity index (χ2v) is 4.24. The van der Waals surface area contributed by atoms with Gasteiger partial charge in [0.2, 0.25) is 0 Å². The summed E-state index contributed by atoms with van der Waals surface area (Å²) in [6.45, 7) is 1.89. The van der Waals surface area contributed by atoms with Gasteiger partial charge in [-0.25, -0.2) is 0 Å². The van der Waals surface area contributed by atoms with Crippen LogP contribution in [0.25, 0.3) is 0 Å². The first-order chi connectivity index (χ1) is 8.04. The lowest BCUT2D eigenvalue weighted by molar-refractivity contribution is 0.103. The molecule has 0 unspecified atom stereocenters. The molecule has 0 heterocycles. The maximum absolute atomic E-state index is 9.43. The van der Waals surface area contributed by atoms with Crippen LogP contribution in [0.15, 0.2) is 18.2 Å². The number of nitrogens with one attached hydrogen (secondary N) is 1. The quantitative estimate of drug-likeness (QED) is 0.573. The Morgan fingerprint density at radius 1 is 1.29 bits per heavy atom. The van der Waals surface area contributed by atoms with E-state index in [0.717, 1.165) is 5.56 Å². The molecule has 0 saturated carbocycles. The van der Waals surface area contributed by atoms with Crippen LogP contribution >= 0.6 is 0 Å². The van der Waals surface area contributed by atoms with Crippen molar-refractivity contribution in [3.05, 3.63) is 23.8 Å². The zero-order chi connectivity index (χ0) is 12.9. The fourth-order valence-electron chi connectivity index (χ4n) is 1.31. The first kappa shape index (κ1) is 13.8. The molecule has 5 heteroatoms. The number of aliphatic hydroxyl groups excluding tert-OH is 2. The van der Waals surface area contributed by atoms with Crippen LogP contribution in [0.4, 0.5) is 0 Å². The van der Waals surface area contributed by atoms with Gasteiger partial charge in [0.1, 0.15) is 0 Å². The van der Waals surface area contributed by atoms with E-state index < -0.39 is 5.54 Å². The number of benzene rings is 1. The number of methoxy groups -OCH3 is 1. The van der Waals surface area contributed by atoms with Gasteiger partial charge in [0, 0.05) is 6.54 Å². The second kappa shape index (κ2) is 5.86. The number of phenols is 1. The van der Waals surface area contributed by atoms with Gasteiger partial charge in [-0.15, -0.1) is 0 Å². The number of hydrogen-bond acceptors (Lipinski definition) is 5. The monoisotopic (exact) mass is 241 g/mol. The maximum atomic E-state index is 9.43. The zero-order valence-electron chi connectivity index (χ0n) is 10.1. The molecular weight excluding hydrogens is 222 g/mol. The molecule has 0 aromatic heterocycles. The summed E-state index contributed by atoms with van der Waals surface area (Å²) in [5.74, 6) is 0.488. The molecular formula is C12H19NO4. The molecule has 1 aromatic carbocycles. The molecule has 0 saturated heterocycles. The van der Waals surface area contributed by atoms with Gasteiger partial charge in [-0.1, -0.05) is 6.07 Å². The van der Waals surface area contributed by atoms with Crippen molar-refractivity contribution in [2.75, 3.05) is 20.3 Å². The summed E-state index contributed by atoms with van der Waals surface area (Å²) in [6.07, 6.45) is 0. The van der Waals surface area contributed by atoms with Crippen molar-refractivity contribution >= 4 is 0 Å². The number of phenolic OH excluding ortho intramolecular Hbond substituents is 1. The van der Waals surface area contributed by atoms with Crippen LogP contribution in [-0.4, -0.2) is 41.2 Å². The summed E-state index contributed by atoms with van der Waals surface area (Å²) in [4.78, 5) is 0. The molecule has 0 amide bonds. The number of aromatic hydroxyl groups is 1. The van der Waals surface area contributed by atoms with Gasteiger partial charge in [0.15, 0.2) is 11.5 Å². The summed E-state index contributed by atoms with van der Waals surface area (Å²) in [7, 11) is 1.48. The Balaban J connectivity index is 2.69. The fraction of sp³-hybridized carbons (Fsp3) is 0.500. The largest absolute Gasteiger partial charge is 0.504 e. The Morgan fingerprint density at radius 2 is 1.94 bits per heavy atom. The van der Waals surface area contributed by atoms with Crippen LogP contribution in [0.2, 0.25) is 0 Å². The smallest absolute Gasteiger partial charge is 0.160 e. The van der Waals surface area contributed by atoms with Crippen molar-refractivity contribution in [2.45, 2.75) is 19.0 Å². The number of hydrogen-bond donors (Lipinski definition) is 4. The lowest BCUT2D eigenvalue weighted by Gasteiger charge is -2.26. The van der Waals surface area contributed by atoms with Gasteiger partial charge in [-0.05, 0) is 24.6 Å². The van der Waals surface area contributed by atoms with E-state index in [1.807, 2.05) is 0 Å². The predicted octanol–water partition coefficient (Wildman–Crippen LogP) is 0.234. The van der Waals surface area contributed by atoms with Crippen molar-refractivity contribution < 1.29 is 20.1 Å². The van der Waals surface area contributed by atoms with Crippen LogP contribution in [0.1, 0.15) is 12.5 Å².